The molecule has 3 amide bonds. The van der Waals surface area contributed by atoms with Crippen LogP contribution >= 0.6 is 11.6 Å². The summed E-state index contributed by atoms with van der Waals surface area (Å²) in [7, 11) is 0. The Kier molecular flexibility index (Phi) is 3.40. The van der Waals surface area contributed by atoms with Gasteiger partial charge in [-0.2, -0.15) is 0 Å². The largest absolute Gasteiger partial charge is 0.322 e. The van der Waals surface area contributed by atoms with Crippen molar-refractivity contribution < 1.29 is 9.59 Å². The van der Waals surface area contributed by atoms with Crippen LogP contribution in [0.5, 0.6) is 0 Å². The molecule has 4 rings (SSSR count). The zero-order valence-electron chi connectivity index (χ0n) is 13.9. The van der Waals surface area contributed by atoms with Crippen LogP contribution in [0.2, 0.25) is 5.02 Å². The minimum absolute atomic E-state index is 0.149. The smallest absolute Gasteiger partial charge is 0.319 e. The van der Waals surface area contributed by atoms with E-state index in [1.807, 2.05) is 13.8 Å². The molecule has 0 saturated carbocycles. The highest BCUT2D eigenvalue weighted by molar-refractivity contribution is 6.31. The number of nitrogens with zero attached hydrogens (tertiary/aromatic N) is 2. The van der Waals surface area contributed by atoms with E-state index < -0.39 is 17.5 Å². The third-order valence-corrected chi connectivity index (χ3v) is 5.00. The summed E-state index contributed by atoms with van der Waals surface area (Å²) in [5.41, 5.74) is 0.783. The number of carbonyl (C=O) groups is 2. The lowest BCUT2D eigenvalue weighted by Crippen LogP contribution is -2.48. The van der Waals surface area contributed by atoms with Gasteiger partial charge in [-0.05, 0) is 24.5 Å². The van der Waals surface area contributed by atoms with Crippen LogP contribution in [0.4, 0.5) is 4.79 Å². The predicted molar refractivity (Wildman–Crippen MR) is 92.5 cm³/mol. The van der Waals surface area contributed by atoms with E-state index in [2.05, 4.69) is 15.6 Å². The second-order valence-electron chi connectivity index (χ2n) is 7.00. The summed E-state index contributed by atoms with van der Waals surface area (Å²) in [6.45, 7) is 4.38. The molecule has 1 unspecified atom stereocenters. The number of aryl methyl sites for hydroxylation is 1. The van der Waals surface area contributed by atoms with Crippen molar-refractivity contribution in [2.75, 3.05) is 0 Å². The quantitative estimate of drug-likeness (QED) is 0.797. The molecule has 0 aliphatic carbocycles. The number of halogens is 1. The summed E-state index contributed by atoms with van der Waals surface area (Å²) < 4.78 is 1.65. The summed E-state index contributed by atoms with van der Waals surface area (Å²) in [6, 6.07) is 2.78. The lowest BCUT2D eigenvalue weighted by atomic mass is 9.83. The molecule has 1 fully saturated rings. The SMILES string of the molecule is CC(C)Cc1nc2cc(Cl)cc3c2n(c1=O)CCC31NC(=O)NC1=O. The Hall–Kier alpha value is -2.41. The van der Waals surface area contributed by atoms with Crippen molar-refractivity contribution in [1.82, 2.24) is 20.2 Å². The molecule has 1 atom stereocenters. The maximum absolute atomic E-state index is 12.8. The van der Waals surface area contributed by atoms with Gasteiger partial charge in [0.15, 0.2) is 0 Å². The van der Waals surface area contributed by atoms with Crippen LogP contribution in [-0.2, 0) is 23.3 Å². The molecule has 2 aliphatic heterocycles. The van der Waals surface area contributed by atoms with E-state index in [9.17, 15) is 14.4 Å². The van der Waals surface area contributed by atoms with Crippen LogP contribution in [-0.4, -0.2) is 21.5 Å². The molecule has 130 valence electrons. The second kappa shape index (κ2) is 5.29. The van der Waals surface area contributed by atoms with Crippen molar-refractivity contribution in [3.63, 3.8) is 0 Å². The number of carbonyl (C=O) groups excluding carboxylic acids is 2. The van der Waals surface area contributed by atoms with Gasteiger partial charge >= 0.3 is 6.03 Å². The number of amides is 3. The fraction of sp³-hybridized carbons (Fsp3) is 0.412. The summed E-state index contributed by atoms with van der Waals surface area (Å²) in [4.78, 5) is 41.6. The number of nitrogens with one attached hydrogen (secondary N) is 2. The summed E-state index contributed by atoms with van der Waals surface area (Å²) >= 11 is 6.25. The molecule has 0 bridgehead atoms. The van der Waals surface area contributed by atoms with Gasteiger partial charge in [-0.25, -0.2) is 9.78 Å². The maximum atomic E-state index is 12.8. The Morgan fingerprint density at radius 2 is 2.08 bits per heavy atom. The van der Waals surface area contributed by atoms with E-state index in [0.717, 1.165) is 0 Å². The van der Waals surface area contributed by atoms with E-state index in [-0.39, 0.29) is 12.0 Å². The molecule has 2 N–H and O–H groups in total. The summed E-state index contributed by atoms with van der Waals surface area (Å²) in [5.74, 6) is -0.134. The van der Waals surface area contributed by atoms with Crippen LogP contribution in [0.3, 0.4) is 0 Å². The van der Waals surface area contributed by atoms with Gasteiger partial charge in [-0.1, -0.05) is 25.4 Å². The number of fused-ring (bicyclic) bond motifs is 1. The minimum Gasteiger partial charge on any atom is -0.319 e. The maximum Gasteiger partial charge on any atom is 0.322 e. The highest BCUT2D eigenvalue weighted by atomic mass is 35.5. The number of rotatable bonds is 2. The molecule has 7 nitrogen and oxygen atoms in total. The van der Waals surface area contributed by atoms with Gasteiger partial charge in [0, 0.05) is 23.6 Å². The first-order chi connectivity index (χ1) is 11.8. The fourth-order valence-electron chi connectivity index (χ4n) is 3.73. The highest BCUT2D eigenvalue weighted by Crippen LogP contribution is 2.39. The molecule has 2 aliphatic rings. The van der Waals surface area contributed by atoms with Gasteiger partial charge in [0.2, 0.25) is 0 Å². The number of urea groups is 1. The van der Waals surface area contributed by atoms with Crippen molar-refractivity contribution in [3.05, 3.63) is 38.8 Å². The van der Waals surface area contributed by atoms with E-state index >= 15 is 0 Å². The van der Waals surface area contributed by atoms with E-state index in [0.29, 0.717) is 46.2 Å². The Bertz CT molecular complexity index is 998. The lowest BCUT2D eigenvalue weighted by molar-refractivity contribution is -0.124. The second-order valence-corrected chi connectivity index (χ2v) is 7.43. The van der Waals surface area contributed by atoms with Crippen molar-refractivity contribution in [3.8, 4) is 0 Å². The average molecular weight is 361 g/mol. The standard InChI is InChI=1S/C17H17ClN4O3/c1-8(2)5-12-14(23)22-4-3-17(15(24)20-16(25)21-17)10-6-9(18)7-11(19-12)13(10)22/h6-8H,3-5H2,1-2H3,(H2,20,21,24,25). The zero-order chi connectivity index (χ0) is 17.9. The summed E-state index contributed by atoms with van der Waals surface area (Å²) in [6.07, 6.45) is 0.858. The Balaban J connectivity index is 2.05. The molecule has 1 aromatic heterocycles. The predicted octanol–water partition coefficient (Wildman–Crippen LogP) is 1.69. The number of hydrogen-bond donors (Lipinski definition) is 2. The van der Waals surface area contributed by atoms with E-state index in [1.165, 1.54) is 0 Å². The number of hydrogen-bond acceptors (Lipinski definition) is 4. The van der Waals surface area contributed by atoms with Gasteiger partial charge < -0.3 is 9.88 Å². The Morgan fingerprint density at radius 3 is 2.72 bits per heavy atom. The molecule has 8 heteroatoms. The zero-order valence-corrected chi connectivity index (χ0v) is 14.6. The summed E-state index contributed by atoms with van der Waals surface area (Å²) in [5, 5.41) is 5.40. The van der Waals surface area contributed by atoms with Crippen LogP contribution < -0.4 is 16.2 Å². The van der Waals surface area contributed by atoms with Gasteiger partial charge in [-0.3, -0.25) is 14.9 Å². The monoisotopic (exact) mass is 360 g/mol. The number of benzene rings is 1. The van der Waals surface area contributed by atoms with Gasteiger partial charge in [0.25, 0.3) is 11.5 Å². The molecule has 0 radical (unpaired) electrons. The van der Waals surface area contributed by atoms with Crippen molar-refractivity contribution in [2.24, 2.45) is 5.92 Å². The number of aromatic nitrogens is 2. The number of imide groups is 1. The van der Waals surface area contributed by atoms with Crippen LogP contribution in [0.1, 0.15) is 31.5 Å². The molecule has 25 heavy (non-hydrogen) atoms. The fourth-order valence-corrected chi connectivity index (χ4v) is 3.95. The van der Waals surface area contributed by atoms with Crippen LogP contribution in [0, 0.1) is 5.92 Å². The third kappa shape index (κ3) is 2.26. The van der Waals surface area contributed by atoms with Crippen molar-refractivity contribution in [1.29, 1.82) is 0 Å². The Morgan fingerprint density at radius 1 is 1.32 bits per heavy atom. The highest BCUT2D eigenvalue weighted by Gasteiger charge is 2.50. The van der Waals surface area contributed by atoms with E-state index in [1.54, 1.807) is 16.7 Å². The molecule has 1 spiro atoms. The molecular weight excluding hydrogens is 344 g/mol. The average Bonchev–Trinajstić information content (AvgIpc) is 2.80. The van der Waals surface area contributed by atoms with Crippen LogP contribution in [0.25, 0.3) is 11.0 Å². The Labute approximate surface area is 148 Å². The van der Waals surface area contributed by atoms with Gasteiger partial charge in [0.1, 0.15) is 11.2 Å². The van der Waals surface area contributed by atoms with Gasteiger partial charge in [-0.15, -0.1) is 0 Å². The molecule has 3 heterocycles. The van der Waals surface area contributed by atoms with Crippen LogP contribution in [0.15, 0.2) is 16.9 Å². The first-order valence-electron chi connectivity index (χ1n) is 8.19. The first kappa shape index (κ1) is 16.1. The lowest BCUT2D eigenvalue weighted by Gasteiger charge is -2.33. The molecule has 1 aromatic carbocycles. The minimum atomic E-state index is -1.20. The van der Waals surface area contributed by atoms with E-state index in [4.69, 9.17) is 11.6 Å². The molecular formula is C17H17ClN4O3. The normalized spacial score (nSPS) is 21.9. The molecule has 1 saturated heterocycles. The van der Waals surface area contributed by atoms with Gasteiger partial charge in [0.05, 0.1) is 11.0 Å². The topological polar surface area (TPSA) is 93.1 Å². The van der Waals surface area contributed by atoms with Crippen molar-refractivity contribution in [2.45, 2.75) is 38.8 Å². The molecule has 2 aromatic rings. The van der Waals surface area contributed by atoms with Crippen molar-refractivity contribution >= 4 is 34.6 Å². The first-order valence-corrected chi connectivity index (χ1v) is 8.56. The third-order valence-electron chi connectivity index (χ3n) is 4.79.